The zero-order valence-electron chi connectivity index (χ0n) is 11.3. The summed E-state index contributed by atoms with van der Waals surface area (Å²) in [5.41, 5.74) is 0. The summed E-state index contributed by atoms with van der Waals surface area (Å²) in [4.78, 5) is 31.0. The molecule has 0 saturated carbocycles. The van der Waals surface area contributed by atoms with Gasteiger partial charge in [0.15, 0.2) is 0 Å². The number of hydrogen-bond acceptors (Lipinski definition) is 8. The number of aliphatic carboxylic acids is 2. The van der Waals surface area contributed by atoms with E-state index >= 15 is 0 Å². The van der Waals surface area contributed by atoms with Gasteiger partial charge in [0, 0.05) is 19.6 Å². The summed E-state index contributed by atoms with van der Waals surface area (Å²) in [6.45, 7) is 1.75. The molecule has 0 heterocycles. The van der Waals surface area contributed by atoms with E-state index < -0.39 is 24.1 Å². The molecule has 0 fully saturated rings. The van der Waals surface area contributed by atoms with Crippen molar-refractivity contribution in [2.75, 3.05) is 39.5 Å². The number of Topliss-reactive ketones (excluding diaryl/α,β-unsaturated/α-hetero) is 1. The first-order chi connectivity index (χ1) is 8.88. The number of carboxylic acid groups (broad SMARTS) is 2. The second-order valence-corrected chi connectivity index (χ2v) is 3.31. The second-order valence-electron chi connectivity index (χ2n) is 3.31. The molecule has 0 aromatic rings. The van der Waals surface area contributed by atoms with Gasteiger partial charge in [-0.1, -0.05) is 0 Å². The maximum atomic E-state index is 9.97. The molecule has 120 valence electrons. The molecule has 0 rings (SSSR count). The molecule has 0 aliphatic carbocycles. The molecule has 0 saturated heterocycles. The van der Waals surface area contributed by atoms with Crippen molar-refractivity contribution in [3.05, 3.63) is 0 Å². The fraction of sp³-hybridized carbons (Fsp3) is 0.700. The molecule has 0 spiro atoms. The Balaban J connectivity index is -0.000000126. The van der Waals surface area contributed by atoms with E-state index in [4.69, 9.17) is 25.5 Å². The van der Waals surface area contributed by atoms with Crippen molar-refractivity contribution < 1.29 is 45.4 Å². The number of rotatable bonds is 9. The summed E-state index contributed by atoms with van der Waals surface area (Å²) in [5, 5.41) is 41.1. The Bertz CT molecular complexity index is 273. The van der Waals surface area contributed by atoms with Gasteiger partial charge in [-0.25, -0.2) is 4.79 Å². The minimum absolute atomic E-state index is 0. The van der Waals surface area contributed by atoms with Crippen molar-refractivity contribution >= 4 is 35.3 Å². The second kappa shape index (κ2) is 19.0. The van der Waals surface area contributed by atoms with Gasteiger partial charge in [-0.2, -0.15) is 0 Å². The first-order valence-electron chi connectivity index (χ1n) is 5.41. The minimum atomic E-state index is -1.71. The topological polar surface area (TPSA) is 186 Å². The fourth-order valence-electron chi connectivity index (χ4n) is 0.973. The van der Waals surface area contributed by atoms with Gasteiger partial charge in [0.1, 0.15) is 6.42 Å². The number of carboxylic acids is 2. The van der Waals surface area contributed by atoms with Gasteiger partial charge < -0.3 is 31.0 Å². The number of aliphatic hydroxyl groups is 3. The predicted molar refractivity (Wildman–Crippen MR) is 70.3 cm³/mol. The van der Waals surface area contributed by atoms with Gasteiger partial charge >= 0.3 is 29.5 Å². The van der Waals surface area contributed by atoms with Crippen LogP contribution >= 0.6 is 0 Å². The third-order valence-corrected chi connectivity index (χ3v) is 1.80. The van der Waals surface area contributed by atoms with E-state index in [0.717, 1.165) is 0 Å². The molecule has 0 aliphatic rings. The molecule has 0 radical (unpaired) electrons. The van der Waals surface area contributed by atoms with Gasteiger partial charge in [0.2, 0.25) is 0 Å². The molecule has 0 amide bonds. The Hall–Kier alpha value is -1.05. The summed E-state index contributed by atoms with van der Waals surface area (Å²) >= 11 is 0. The molecular weight excluding hydrogens is 351 g/mol. The normalized spacial score (nSPS) is 8.76. The molecule has 0 aromatic carbocycles. The standard InChI is InChI=1S/C6H15NO3.C4H4O5.Ge.H2O/c8-4-1-7(2-5-9)3-6-10;5-2(4(8)9)1-3(6)7;;/h8-10H,1-6H2;1H2,(H,6,7)(H,8,9);;1H2/q;;+4;/p-1. The van der Waals surface area contributed by atoms with Crippen molar-refractivity contribution in [1.82, 2.24) is 4.90 Å². The molecule has 21 heavy (non-hydrogen) atoms. The monoisotopic (exact) mass is 372 g/mol. The molecule has 0 aromatic heterocycles. The number of carbonyl (C=O) groups is 3. The number of ketones is 1. The van der Waals surface area contributed by atoms with E-state index in [-0.39, 0.29) is 42.9 Å². The van der Waals surface area contributed by atoms with Crippen LogP contribution in [0.4, 0.5) is 0 Å². The van der Waals surface area contributed by atoms with Crippen molar-refractivity contribution in [3.8, 4) is 0 Å². The Kier molecular flexibility index (Phi) is 25.4. The van der Waals surface area contributed by atoms with Crippen LogP contribution < -0.4 is 0 Å². The van der Waals surface area contributed by atoms with Crippen LogP contribution in [0.15, 0.2) is 0 Å². The summed E-state index contributed by atoms with van der Waals surface area (Å²) in [5.74, 6) is -4.44. The number of aliphatic hydroxyl groups excluding tert-OH is 3. The zero-order chi connectivity index (χ0) is 15.3. The largest absolute Gasteiger partial charge is 4.00 e. The minimum Gasteiger partial charge on any atom is -0.870 e. The molecule has 11 heteroatoms. The first-order valence-corrected chi connectivity index (χ1v) is 5.41. The van der Waals surface area contributed by atoms with E-state index in [1.165, 1.54) is 0 Å². The maximum Gasteiger partial charge on any atom is 4.00 e. The number of nitrogens with zero attached hydrogens (tertiary/aromatic N) is 1. The van der Waals surface area contributed by atoms with Crippen molar-refractivity contribution in [2.45, 2.75) is 6.42 Å². The smallest absolute Gasteiger partial charge is 0.870 e. The third kappa shape index (κ3) is 21.4. The van der Waals surface area contributed by atoms with Crippen LogP contribution in [0.1, 0.15) is 6.42 Å². The summed E-state index contributed by atoms with van der Waals surface area (Å²) in [6.07, 6.45) is -0.949. The van der Waals surface area contributed by atoms with Gasteiger partial charge in [-0.05, 0) is 0 Å². The van der Waals surface area contributed by atoms with Crippen molar-refractivity contribution in [1.29, 1.82) is 0 Å². The van der Waals surface area contributed by atoms with E-state index in [1.54, 1.807) is 4.90 Å². The van der Waals surface area contributed by atoms with Gasteiger partial charge in [0.05, 0.1) is 19.8 Å². The summed E-state index contributed by atoms with van der Waals surface area (Å²) in [6, 6.07) is 0. The van der Waals surface area contributed by atoms with Crippen LogP contribution in [0.5, 0.6) is 0 Å². The Morgan fingerprint density at radius 3 is 1.29 bits per heavy atom. The molecule has 10 nitrogen and oxygen atoms in total. The fourth-order valence-corrected chi connectivity index (χ4v) is 0.973. The van der Waals surface area contributed by atoms with Crippen LogP contribution in [0.3, 0.4) is 0 Å². The molecular formula is C10H20GeNO9+3. The third-order valence-electron chi connectivity index (χ3n) is 1.80. The Labute approximate surface area is 132 Å². The van der Waals surface area contributed by atoms with Crippen molar-refractivity contribution in [3.63, 3.8) is 0 Å². The maximum absolute atomic E-state index is 9.97. The summed E-state index contributed by atoms with van der Waals surface area (Å²) < 4.78 is 0. The van der Waals surface area contributed by atoms with E-state index in [1.807, 2.05) is 0 Å². The summed E-state index contributed by atoms with van der Waals surface area (Å²) in [7, 11) is 0. The van der Waals surface area contributed by atoms with E-state index in [2.05, 4.69) is 0 Å². The predicted octanol–water partition coefficient (Wildman–Crippen LogP) is -3.18. The Morgan fingerprint density at radius 2 is 1.14 bits per heavy atom. The van der Waals surface area contributed by atoms with Crippen molar-refractivity contribution in [2.24, 2.45) is 0 Å². The average molecular weight is 371 g/mol. The SMILES string of the molecule is O=C(O)CC(=O)C(=O)O.OCCN(CCO)CCO.[Ge+4].[OH-]. The number of carbonyl (C=O) groups excluding carboxylic acids is 1. The molecule has 6 N–H and O–H groups in total. The van der Waals surface area contributed by atoms with Crippen LogP contribution in [0.2, 0.25) is 0 Å². The van der Waals surface area contributed by atoms with Crippen LogP contribution in [0.25, 0.3) is 0 Å². The van der Waals surface area contributed by atoms with E-state index in [0.29, 0.717) is 19.6 Å². The first kappa shape index (κ1) is 28.2. The zero-order valence-corrected chi connectivity index (χ0v) is 13.4. The molecule has 0 aliphatic heterocycles. The molecule has 0 bridgehead atoms. The van der Waals surface area contributed by atoms with Crippen LogP contribution in [-0.2, 0) is 14.4 Å². The Morgan fingerprint density at radius 1 is 0.810 bits per heavy atom. The van der Waals surface area contributed by atoms with Gasteiger partial charge in [0.25, 0.3) is 5.78 Å². The quantitative estimate of drug-likeness (QED) is 0.157. The van der Waals surface area contributed by atoms with E-state index in [9.17, 15) is 14.4 Å². The van der Waals surface area contributed by atoms with Gasteiger partial charge in [-0.3, -0.25) is 14.5 Å². The van der Waals surface area contributed by atoms with Gasteiger partial charge in [-0.15, -0.1) is 0 Å². The van der Waals surface area contributed by atoms with Crippen LogP contribution in [-0.4, -0.2) is 111 Å². The average Bonchev–Trinajstić information content (AvgIpc) is 2.30. The molecule has 0 unspecified atom stereocenters. The molecule has 0 atom stereocenters. The number of hydrogen-bond donors (Lipinski definition) is 5. The van der Waals surface area contributed by atoms with Crippen LogP contribution in [0, 0.1) is 0 Å².